The number of anilines is 1. The summed E-state index contributed by atoms with van der Waals surface area (Å²) < 4.78 is 6.86. The molecule has 7 nitrogen and oxygen atoms in total. The van der Waals surface area contributed by atoms with Crippen molar-refractivity contribution in [3.05, 3.63) is 34.6 Å². The molecule has 1 aromatic carbocycles. The van der Waals surface area contributed by atoms with Gasteiger partial charge in [0.1, 0.15) is 0 Å². The summed E-state index contributed by atoms with van der Waals surface area (Å²) in [6, 6.07) is 7.13. The van der Waals surface area contributed by atoms with E-state index >= 15 is 0 Å². The Morgan fingerprint density at radius 1 is 1.25 bits per heavy atom. The number of hydrogen-bond donors (Lipinski definition) is 0. The number of fused-ring (bicyclic) bond motifs is 1. The van der Waals surface area contributed by atoms with E-state index < -0.39 is 0 Å². The van der Waals surface area contributed by atoms with E-state index in [1.54, 1.807) is 25.1 Å². The molecule has 1 amide bonds. The SMILES string of the molecule is CCOCCCn1c(N2N=C(C)CC2=O)nc2ccccc2c1=O. The van der Waals surface area contributed by atoms with Crippen molar-refractivity contribution in [1.29, 1.82) is 0 Å². The van der Waals surface area contributed by atoms with E-state index in [4.69, 9.17) is 4.74 Å². The zero-order valence-corrected chi connectivity index (χ0v) is 13.9. The van der Waals surface area contributed by atoms with Crippen LogP contribution in [0.1, 0.15) is 26.7 Å². The molecule has 2 heterocycles. The van der Waals surface area contributed by atoms with Crippen molar-refractivity contribution in [1.82, 2.24) is 9.55 Å². The molecule has 2 aromatic rings. The Labute approximate surface area is 139 Å². The topological polar surface area (TPSA) is 76.8 Å². The smallest absolute Gasteiger partial charge is 0.262 e. The lowest BCUT2D eigenvalue weighted by molar-refractivity contribution is -0.117. The van der Waals surface area contributed by atoms with Gasteiger partial charge in [-0.15, -0.1) is 0 Å². The van der Waals surface area contributed by atoms with Crippen LogP contribution in [0.25, 0.3) is 10.9 Å². The summed E-state index contributed by atoms with van der Waals surface area (Å²) >= 11 is 0. The standard InChI is InChI=1S/C17H20N4O3/c1-3-24-10-6-9-20-16(23)13-7-4-5-8-14(13)18-17(20)21-15(22)11-12(2)19-21/h4-5,7-8H,3,6,9-11H2,1-2H3. The molecule has 0 fully saturated rings. The highest BCUT2D eigenvalue weighted by Crippen LogP contribution is 2.20. The van der Waals surface area contributed by atoms with Gasteiger partial charge in [0.15, 0.2) is 0 Å². The van der Waals surface area contributed by atoms with Crippen molar-refractivity contribution in [2.24, 2.45) is 5.10 Å². The van der Waals surface area contributed by atoms with Crippen LogP contribution in [0.3, 0.4) is 0 Å². The zero-order valence-electron chi connectivity index (χ0n) is 13.9. The van der Waals surface area contributed by atoms with Gasteiger partial charge in [0, 0.05) is 25.5 Å². The van der Waals surface area contributed by atoms with Crippen molar-refractivity contribution < 1.29 is 9.53 Å². The lowest BCUT2D eigenvalue weighted by Gasteiger charge is -2.18. The van der Waals surface area contributed by atoms with Crippen molar-refractivity contribution in [3.63, 3.8) is 0 Å². The molecule has 0 bridgehead atoms. The van der Waals surface area contributed by atoms with Gasteiger partial charge < -0.3 is 4.74 Å². The molecule has 0 aliphatic carbocycles. The Hall–Kier alpha value is -2.54. The maximum atomic E-state index is 12.9. The summed E-state index contributed by atoms with van der Waals surface area (Å²) in [6.07, 6.45) is 0.910. The molecular formula is C17H20N4O3. The Bertz CT molecular complexity index is 857. The molecule has 0 spiro atoms. The van der Waals surface area contributed by atoms with E-state index in [0.717, 1.165) is 0 Å². The van der Waals surface area contributed by atoms with Crippen LogP contribution in [0.2, 0.25) is 0 Å². The monoisotopic (exact) mass is 328 g/mol. The second kappa shape index (κ2) is 6.92. The minimum absolute atomic E-state index is 0.167. The normalized spacial score (nSPS) is 14.5. The average molecular weight is 328 g/mol. The van der Waals surface area contributed by atoms with Gasteiger partial charge in [-0.2, -0.15) is 10.1 Å². The number of benzene rings is 1. The van der Waals surface area contributed by atoms with Gasteiger partial charge in [-0.1, -0.05) is 12.1 Å². The molecular weight excluding hydrogens is 308 g/mol. The molecule has 1 aromatic heterocycles. The Balaban J connectivity index is 2.07. The van der Waals surface area contributed by atoms with Crippen LogP contribution in [0, 0.1) is 0 Å². The molecule has 3 rings (SSSR count). The third kappa shape index (κ3) is 3.07. The lowest BCUT2D eigenvalue weighted by atomic mass is 10.2. The van der Waals surface area contributed by atoms with Crippen molar-refractivity contribution in [2.75, 3.05) is 18.2 Å². The number of para-hydroxylation sites is 1. The number of amides is 1. The van der Waals surface area contributed by atoms with E-state index in [1.165, 1.54) is 9.58 Å². The third-order valence-electron chi connectivity index (χ3n) is 3.82. The molecule has 0 saturated heterocycles. The molecule has 126 valence electrons. The summed E-state index contributed by atoms with van der Waals surface area (Å²) in [7, 11) is 0. The van der Waals surface area contributed by atoms with E-state index in [2.05, 4.69) is 10.1 Å². The highest BCUT2D eigenvalue weighted by Gasteiger charge is 2.27. The van der Waals surface area contributed by atoms with Gasteiger partial charge in [-0.3, -0.25) is 14.2 Å². The number of rotatable bonds is 6. The summed E-state index contributed by atoms with van der Waals surface area (Å²) in [6.45, 7) is 5.31. The predicted octanol–water partition coefficient (Wildman–Crippen LogP) is 1.94. The van der Waals surface area contributed by atoms with Crippen LogP contribution in [-0.4, -0.2) is 34.4 Å². The summed E-state index contributed by atoms with van der Waals surface area (Å²) in [5.41, 5.74) is 1.11. The zero-order chi connectivity index (χ0) is 17.1. The fraction of sp³-hybridized carbons (Fsp3) is 0.412. The quantitative estimate of drug-likeness (QED) is 0.759. The number of hydrogen-bond acceptors (Lipinski definition) is 5. The fourth-order valence-corrected chi connectivity index (χ4v) is 2.70. The first-order valence-electron chi connectivity index (χ1n) is 8.06. The molecule has 0 saturated carbocycles. The van der Waals surface area contributed by atoms with Crippen molar-refractivity contribution in [2.45, 2.75) is 33.2 Å². The van der Waals surface area contributed by atoms with Gasteiger partial charge in [0.05, 0.1) is 17.3 Å². The van der Waals surface area contributed by atoms with Gasteiger partial charge in [-0.25, -0.2) is 4.98 Å². The Morgan fingerprint density at radius 2 is 2.04 bits per heavy atom. The number of aromatic nitrogens is 2. The summed E-state index contributed by atoms with van der Waals surface area (Å²) in [5, 5.41) is 6.01. The first-order valence-corrected chi connectivity index (χ1v) is 8.06. The highest BCUT2D eigenvalue weighted by molar-refractivity contribution is 6.11. The minimum Gasteiger partial charge on any atom is -0.382 e. The van der Waals surface area contributed by atoms with Crippen LogP contribution < -0.4 is 10.6 Å². The number of carbonyl (C=O) groups excluding carboxylic acids is 1. The molecule has 1 aliphatic heterocycles. The Kier molecular flexibility index (Phi) is 4.71. The number of carbonyl (C=O) groups is 1. The number of ether oxygens (including phenoxy) is 1. The first-order chi connectivity index (χ1) is 11.6. The molecule has 0 atom stereocenters. The van der Waals surface area contributed by atoms with Gasteiger partial charge in [0.25, 0.3) is 11.5 Å². The summed E-state index contributed by atoms with van der Waals surface area (Å²) in [5.74, 6) is 0.102. The summed E-state index contributed by atoms with van der Waals surface area (Å²) in [4.78, 5) is 29.6. The van der Waals surface area contributed by atoms with E-state index in [-0.39, 0.29) is 23.8 Å². The second-order valence-corrected chi connectivity index (χ2v) is 5.65. The molecule has 1 aliphatic rings. The van der Waals surface area contributed by atoms with Gasteiger partial charge >= 0.3 is 0 Å². The van der Waals surface area contributed by atoms with E-state index in [0.29, 0.717) is 42.8 Å². The molecule has 0 N–H and O–H groups in total. The van der Waals surface area contributed by atoms with Crippen LogP contribution in [-0.2, 0) is 16.1 Å². The third-order valence-corrected chi connectivity index (χ3v) is 3.82. The van der Waals surface area contributed by atoms with Crippen LogP contribution >= 0.6 is 0 Å². The first kappa shape index (κ1) is 16.3. The van der Waals surface area contributed by atoms with Crippen LogP contribution in [0.4, 0.5) is 5.95 Å². The molecule has 0 radical (unpaired) electrons. The van der Waals surface area contributed by atoms with Gasteiger partial charge in [0.2, 0.25) is 5.95 Å². The van der Waals surface area contributed by atoms with Crippen molar-refractivity contribution in [3.8, 4) is 0 Å². The maximum Gasteiger partial charge on any atom is 0.262 e. The van der Waals surface area contributed by atoms with Crippen molar-refractivity contribution >= 4 is 28.5 Å². The molecule has 0 unspecified atom stereocenters. The Morgan fingerprint density at radius 3 is 2.75 bits per heavy atom. The van der Waals surface area contributed by atoms with Gasteiger partial charge in [-0.05, 0) is 32.4 Å². The molecule has 24 heavy (non-hydrogen) atoms. The second-order valence-electron chi connectivity index (χ2n) is 5.65. The predicted molar refractivity (Wildman–Crippen MR) is 92.3 cm³/mol. The van der Waals surface area contributed by atoms with E-state index in [9.17, 15) is 9.59 Å². The number of hydrazone groups is 1. The highest BCUT2D eigenvalue weighted by atomic mass is 16.5. The molecule has 7 heteroatoms. The number of nitrogens with zero attached hydrogens (tertiary/aromatic N) is 4. The van der Waals surface area contributed by atoms with Crippen LogP contribution in [0.5, 0.6) is 0 Å². The largest absolute Gasteiger partial charge is 0.382 e. The average Bonchev–Trinajstić information content (AvgIpc) is 2.91. The minimum atomic E-state index is -0.173. The fourth-order valence-electron chi connectivity index (χ4n) is 2.70. The van der Waals surface area contributed by atoms with E-state index in [1.807, 2.05) is 13.0 Å². The lowest BCUT2D eigenvalue weighted by Crippen LogP contribution is -2.32. The maximum absolute atomic E-state index is 12.9. The van der Waals surface area contributed by atoms with Crippen LogP contribution in [0.15, 0.2) is 34.2 Å².